The van der Waals surface area contributed by atoms with Gasteiger partial charge in [-0.25, -0.2) is 4.98 Å². The van der Waals surface area contributed by atoms with Crippen LogP contribution in [0.15, 0.2) is 39.8 Å². The van der Waals surface area contributed by atoms with Crippen LogP contribution in [0.3, 0.4) is 0 Å². The molecule has 3 nitrogen and oxygen atoms in total. The number of hydrogen-bond donors (Lipinski definition) is 1. The van der Waals surface area contributed by atoms with E-state index < -0.39 is 16.3 Å². The summed E-state index contributed by atoms with van der Waals surface area (Å²) in [5, 5.41) is 1.09. The normalized spacial score (nSPS) is 19.4. The molecular formula is C20H16B6Cl2N2OS. The van der Waals surface area contributed by atoms with E-state index in [0.29, 0.717) is 22.0 Å². The number of nitrogens with zero attached hydrogens (tertiary/aromatic N) is 1. The van der Waals surface area contributed by atoms with Crippen LogP contribution in [-0.4, -0.2) is 52.1 Å². The first-order valence-electron chi connectivity index (χ1n) is 9.98. The van der Waals surface area contributed by atoms with Crippen molar-refractivity contribution >= 4 is 97.5 Å². The number of thiophene rings is 1. The number of nitrogens with one attached hydrogen (secondary N) is 1. The second-order valence-corrected chi connectivity index (χ2v) is 9.26. The first kappa shape index (κ1) is 25.5. The van der Waals surface area contributed by atoms with Crippen LogP contribution in [0.1, 0.15) is 36.8 Å². The Labute approximate surface area is 210 Å². The largest absolute Gasteiger partial charge is 0.467 e. The van der Waals surface area contributed by atoms with E-state index in [4.69, 9.17) is 74.7 Å². The summed E-state index contributed by atoms with van der Waals surface area (Å²) in [6, 6.07) is 5.39. The summed E-state index contributed by atoms with van der Waals surface area (Å²) in [4.78, 5) is 5.04. The number of fused-ring (bicyclic) bond motifs is 1. The topological polar surface area (TPSA) is 38.1 Å². The van der Waals surface area contributed by atoms with Crippen molar-refractivity contribution in [2.24, 2.45) is 0 Å². The third kappa shape index (κ3) is 4.60. The number of allylic oxidation sites excluding steroid dienone is 2. The molecule has 3 aromatic heterocycles. The summed E-state index contributed by atoms with van der Waals surface area (Å²) in [6.07, 6.45) is 1.76. The van der Waals surface area contributed by atoms with Gasteiger partial charge in [0.05, 0.1) is 59.6 Å². The molecule has 0 bridgehead atoms. The third-order valence-corrected chi connectivity index (χ3v) is 7.32. The number of aromatic nitrogens is 1. The monoisotopic (exact) mass is 468 g/mol. The molecule has 0 aromatic carbocycles. The molecule has 0 saturated heterocycles. The van der Waals surface area contributed by atoms with Crippen LogP contribution in [-0.2, 0) is 6.54 Å². The van der Waals surface area contributed by atoms with E-state index in [2.05, 4.69) is 10.3 Å². The molecule has 3 heterocycles. The molecule has 0 saturated carbocycles. The number of anilines is 1. The Morgan fingerprint density at radius 1 is 1.19 bits per heavy atom. The Bertz CT molecular complexity index is 1150. The molecule has 32 heavy (non-hydrogen) atoms. The first-order chi connectivity index (χ1) is 15.0. The highest BCUT2D eigenvalue weighted by molar-refractivity contribution is 7.20. The van der Waals surface area contributed by atoms with Crippen molar-refractivity contribution in [3.63, 3.8) is 0 Å². The van der Waals surface area contributed by atoms with Gasteiger partial charge in [0.15, 0.2) is 0 Å². The average Bonchev–Trinajstić information content (AvgIpc) is 3.38. The lowest BCUT2D eigenvalue weighted by atomic mass is 9.29. The van der Waals surface area contributed by atoms with Crippen LogP contribution in [0.25, 0.3) is 10.2 Å². The molecule has 3 aromatic rings. The average molecular weight is 468 g/mol. The molecule has 0 spiro atoms. The van der Waals surface area contributed by atoms with Gasteiger partial charge in [0.25, 0.3) is 0 Å². The van der Waals surface area contributed by atoms with Crippen molar-refractivity contribution in [3.8, 4) is 0 Å². The Hall–Kier alpha value is -1.10. The van der Waals surface area contributed by atoms with E-state index in [9.17, 15) is 0 Å². The third-order valence-electron chi connectivity index (χ3n) is 5.30. The lowest BCUT2D eigenvalue weighted by Gasteiger charge is -2.50. The van der Waals surface area contributed by atoms with Crippen LogP contribution in [0.2, 0.25) is 20.6 Å². The Morgan fingerprint density at radius 3 is 2.50 bits per heavy atom. The molecule has 4 rings (SSSR count). The molecule has 0 amide bonds. The molecule has 0 aliphatic heterocycles. The number of halogens is 2. The van der Waals surface area contributed by atoms with Gasteiger partial charge in [-0.15, -0.1) is 22.3 Å². The van der Waals surface area contributed by atoms with Crippen LogP contribution < -0.4 is 5.32 Å². The predicted octanol–water partition coefficient (Wildman–Crippen LogP) is 4.78. The summed E-state index contributed by atoms with van der Waals surface area (Å²) >= 11 is 14.3. The minimum atomic E-state index is -1.48. The van der Waals surface area contributed by atoms with Crippen LogP contribution in [0.5, 0.6) is 0 Å². The van der Waals surface area contributed by atoms with Gasteiger partial charge in [-0.1, -0.05) is 53.9 Å². The van der Waals surface area contributed by atoms with Gasteiger partial charge in [0, 0.05) is 10.9 Å². The number of pyridine rings is 1. The highest BCUT2D eigenvalue weighted by Crippen LogP contribution is 2.59. The summed E-state index contributed by atoms with van der Waals surface area (Å²) in [5.74, 6) is 0.182. The zero-order valence-corrected chi connectivity index (χ0v) is 20.1. The van der Waals surface area contributed by atoms with Crippen molar-refractivity contribution in [3.05, 3.63) is 56.2 Å². The molecule has 1 aliphatic carbocycles. The summed E-state index contributed by atoms with van der Waals surface area (Å²) in [5.41, 5.74) is 1.37. The van der Waals surface area contributed by atoms with Gasteiger partial charge >= 0.3 is 0 Å². The first-order valence-corrected chi connectivity index (χ1v) is 11.6. The van der Waals surface area contributed by atoms with Crippen molar-refractivity contribution < 1.29 is 4.42 Å². The van der Waals surface area contributed by atoms with E-state index in [-0.39, 0.29) is 22.5 Å². The van der Waals surface area contributed by atoms with E-state index in [1.165, 1.54) is 11.3 Å². The van der Waals surface area contributed by atoms with Gasteiger partial charge in [0.1, 0.15) is 32.1 Å². The zero-order chi connectivity index (χ0) is 23.8. The predicted molar refractivity (Wildman–Crippen MR) is 141 cm³/mol. The van der Waals surface area contributed by atoms with Crippen molar-refractivity contribution in [2.75, 3.05) is 5.32 Å². The van der Waals surface area contributed by atoms with E-state index in [1.54, 1.807) is 12.3 Å². The highest BCUT2D eigenvalue weighted by Gasteiger charge is 2.42. The van der Waals surface area contributed by atoms with Crippen LogP contribution >= 0.6 is 34.5 Å². The zero-order valence-electron chi connectivity index (χ0n) is 17.8. The summed E-state index contributed by atoms with van der Waals surface area (Å²) in [6.45, 7) is 4.45. The smallest absolute Gasteiger partial charge is 0.131 e. The molecule has 12 radical (unpaired) electrons. The van der Waals surface area contributed by atoms with Crippen LogP contribution in [0.4, 0.5) is 5.69 Å². The SMILES string of the molecule is CC.[B]C1=C([B])C([B])([B])C(c2sc3c(NCc4ccco4)cc(Cl)nc3c2Cl)CC1([B])[B]. The quantitative estimate of drug-likeness (QED) is 0.443. The van der Waals surface area contributed by atoms with Gasteiger partial charge < -0.3 is 9.73 Å². The van der Waals surface area contributed by atoms with Gasteiger partial charge in [-0.05, 0) is 18.1 Å². The van der Waals surface area contributed by atoms with Gasteiger partial charge in [0.2, 0.25) is 0 Å². The molecule has 12 heteroatoms. The molecular weight excluding hydrogens is 452 g/mol. The summed E-state index contributed by atoms with van der Waals surface area (Å²) in [7, 11) is 37.2. The van der Waals surface area contributed by atoms with E-state index in [1.807, 2.05) is 26.0 Å². The van der Waals surface area contributed by atoms with Crippen LogP contribution in [0, 0.1) is 0 Å². The molecule has 1 unspecified atom stereocenters. The van der Waals surface area contributed by atoms with Gasteiger partial charge in [-0.2, -0.15) is 0 Å². The van der Waals surface area contributed by atoms with Gasteiger partial charge in [-0.3, -0.25) is 0 Å². The minimum absolute atomic E-state index is 0.0411. The number of rotatable bonds is 4. The van der Waals surface area contributed by atoms with E-state index >= 15 is 0 Å². The fraction of sp³-hybridized carbons (Fsp3) is 0.350. The standard InChI is InChI=1S/C18H10B6Cl2N2OS.C2H6/c19-15-16(20)18(23,24)8(5-17(15,21)22)13-11(26)12-14(30-13)9(4-10(25)28-12)27-6-7-2-1-3-29-7;1-2/h1-4,8H,5-6H2,(H,27,28);1-2H3. The Morgan fingerprint density at radius 2 is 1.88 bits per heavy atom. The Balaban J connectivity index is 0.00000141. The number of hydrogen-bond acceptors (Lipinski definition) is 4. The van der Waals surface area contributed by atoms with Crippen molar-refractivity contribution in [2.45, 2.75) is 43.2 Å². The highest BCUT2D eigenvalue weighted by atomic mass is 35.5. The molecule has 1 atom stereocenters. The molecule has 1 aliphatic rings. The summed E-state index contributed by atoms with van der Waals surface area (Å²) < 4.78 is 6.15. The molecule has 150 valence electrons. The van der Waals surface area contributed by atoms with E-state index in [0.717, 1.165) is 16.1 Å². The fourth-order valence-corrected chi connectivity index (χ4v) is 5.52. The minimum Gasteiger partial charge on any atom is -0.467 e. The Kier molecular flexibility index (Phi) is 7.69. The van der Waals surface area contributed by atoms with Crippen molar-refractivity contribution in [1.82, 2.24) is 4.98 Å². The number of furan rings is 1. The maximum Gasteiger partial charge on any atom is 0.131 e. The maximum absolute atomic E-state index is 6.70. The maximum atomic E-state index is 6.70. The molecule has 1 N–H and O–H groups in total. The van der Waals surface area contributed by atoms with Crippen molar-refractivity contribution in [1.29, 1.82) is 0 Å². The second-order valence-electron chi connectivity index (χ2n) is 7.44. The fourth-order valence-electron chi connectivity index (χ4n) is 3.57. The lowest BCUT2D eigenvalue weighted by Crippen LogP contribution is -2.37. The lowest BCUT2D eigenvalue weighted by molar-refractivity contribution is 0.518. The second kappa shape index (κ2) is 9.64. The molecule has 0 fully saturated rings.